The zero-order valence-electron chi connectivity index (χ0n) is 20.7. The Morgan fingerprint density at radius 2 is 1.92 bits per heavy atom. The Bertz CT molecular complexity index is 1310. The Morgan fingerprint density at radius 3 is 2.61 bits per heavy atom. The molecular weight excluding hydrogens is 504 g/mol. The quantitative estimate of drug-likeness (QED) is 0.411. The van der Waals surface area contributed by atoms with Crippen molar-refractivity contribution in [3.63, 3.8) is 0 Å². The molecule has 3 aromatic rings. The van der Waals surface area contributed by atoms with Crippen molar-refractivity contribution < 1.29 is 31.8 Å². The van der Waals surface area contributed by atoms with Crippen molar-refractivity contribution in [2.75, 3.05) is 38.6 Å². The fraction of sp³-hybridized carbons (Fsp3) is 0.333. The molecule has 0 spiro atoms. The highest BCUT2D eigenvalue weighted by atomic mass is 19.4. The van der Waals surface area contributed by atoms with Gasteiger partial charge in [-0.3, -0.25) is 9.69 Å². The van der Waals surface area contributed by atoms with Gasteiger partial charge in [0.1, 0.15) is 11.9 Å². The van der Waals surface area contributed by atoms with Crippen molar-refractivity contribution in [1.29, 1.82) is 0 Å². The smallest absolute Gasteiger partial charge is 0.419 e. The monoisotopic (exact) mass is 532 g/mol. The number of benzene rings is 2. The van der Waals surface area contributed by atoms with E-state index in [0.717, 1.165) is 42.9 Å². The molecule has 1 atom stereocenters. The van der Waals surface area contributed by atoms with Crippen LogP contribution in [0.4, 0.5) is 23.4 Å². The van der Waals surface area contributed by atoms with Crippen LogP contribution < -0.4 is 16.2 Å². The van der Waals surface area contributed by atoms with E-state index in [1.807, 2.05) is 0 Å². The fourth-order valence-corrected chi connectivity index (χ4v) is 4.47. The van der Waals surface area contributed by atoms with Gasteiger partial charge in [-0.1, -0.05) is 18.2 Å². The normalized spacial score (nSPS) is 15.3. The molecule has 4 rings (SSSR count). The minimum atomic E-state index is -4.90. The first-order valence-corrected chi connectivity index (χ1v) is 12.1. The Hall–Kier alpha value is -3.70. The van der Waals surface area contributed by atoms with Crippen LogP contribution in [0.2, 0.25) is 0 Å². The Kier molecular flexibility index (Phi) is 8.17. The van der Waals surface area contributed by atoms with Crippen molar-refractivity contribution >= 4 is 11.7 Å². The summed E-state index contributed by atoms with van der Waals surface area (Å²) in [6, 6.07) is 9.74. The van der Waals surface area contributed by atoms with Gasteiger partial charge in [-0.05, 0) is 48.7 Å². The van der Waals surface area contributed by atoms with Crippen molar-refractivity contribution in [1.82, 2.24) is 9.88 Å². The standard InChI is InChI=1S/C27H28F4N4O3/c1-16(20-3-2-4-22(28)24(20)27(29,30)31)38-23-14-19(15-34-25(23)32)21-6-5-18(26(33)36)13-17(21)7-8-35-9-11-37-12-10-35/h2-6,13-16H,7-12H2,1H3,(H2,32,34)(H2,33,36). The first-order valence-electron chi connectivity index (χ1n) is 12.1. The summed E-state index contributed by atoms with van der Waals surface area (Å²) in [7, 11) is 0. The van der Waals surface area contributed by atoms with Crippen LogP contribution in [0.15, 0.2) is 48.7 Å². The maximum Gasteiger partial charge on any atom is 0.419 e. The highest BCUT2D eigenvalue weighted by Gasteiger charge is 2.38. The lowest BCUT2D eigenvalue weighted by Gasteiger charge is -2.27. The van der Waals surface area contributed by atoms with E-state index < -0.39 is 29.6 Å². The number of pyridine rings is 1. The molecule has 0 saturated carbocycles. The summed E-state index contributed by atoms with van der Waals surface area (Å²) in [6.07, 6.45) is -3.96. The number of alkyl halides is 3. The SMILES string of the molecule is CC(Oc1cc(-c2ccc(C(N)=O)cc2CCN2CCOCC2)cnc1N)c1cccc(F)c1C(F)(F)F. The molecule has 2 aromatic carbocycles. The van der Waals surface area contributed by atoms with Crippen LogP contribution in [0.25, 0.3) is 11.1 Å². The zero-order valence-corrected chi connectivity index (χ0v) is 20.7. The number of nitrogens with two attached hydrogens (primary N) is 2. The van der Waals surface area contributed by atoms with Crippen LogP contribution in [0.5, 0.6) is 5.75 Å². The summed E-state index contributed by atoms with van der Waals surface area (Å²) in [6.45, 7) is 4.99. The number of primary amides is 1. The number of aromatic nitrogens is 1. The zero-order chi connectivity index (χ0) is 27.4. The van der Waals surface area contributed by atoms with E-state index in [9.17, 15) is 22.4 Å². The lowest BCUT2D eigenvalue weighted by atomic mass is 9.95. The summed E-state index contributed by atoms with van der Waals surface area (Å²) in [5, 5.41) is 0. The van der Waals surface area contributed by atoms with E-state index in [1.165, 1.54) is 19.2 Å². The molecule has 4 N–H and O–H groups in total. The fourth-order valence-electron chi connectivity index (χ4n) is 4.47. The summed E-state index contributed by atoms with van der Waals surface area (Å²) in [5.41, 5.74) is 12.3. The maximum absolute atomic E-state index is 14.1. The van der Waals surface area contributed by atoms with Gasteiger partial charge in [-0.15, -0.1) is 0 Å². The van der Waals surface area contributed by atoms with Crippen LogP contribution in [0.3, 0.4) is 0 Å². The molecule has 2 heterocycles. The number of carbonyl (C=O) groups is 1. The van der Waals surface area contributed by atoms with Crippen LogP contribution in [-0.4, -0.2) is 48.6 Å². The van der Waals surface area contributed by atoms with Crippen molar-refractivity contribution in [3.05, 3.63) is 76.7 Å². The predicted octanol–water partition coefficient (Wildman–Crippen LogP) is 4.60. The van der Waals surface area contributed by atoms with Gasteiger partial charge in [0.25, 0.3) is 0 Å². The molecule has 0 bridgehead atoms. The van der Waals surface area contributed by atoms with Gasteiger partial charge in [-0.25, -0.2) is 9.37 Å². The first kappa shape index (κ1) is 27.3. The number of rotatable bonds is 8. The number of morpholine rings is 1. The number of anilines is 1. The van der Waals surface area contributed by atoms with E-state index in [1.54, 1.807) is 24.3 Å². The molecule has 7 nitrogen and oxygen atoms in total. The second kappa shape index (κ2) is 11.4. The number of hydrogen-bond donors (Lipinski definition) is 2. The Balaban J connectivity index is 1.65. The van der Waals surface area contributed by atoms with E-state index in [0.29, 0.717) is 30.8 Å². The second-order valence-electron chi connectivity index (χ2n) is 9.01. The number of hydrogen-bond acceptors (Lipinski definition) is 6. The summed E-state index contributed by atoms with van der Waals surface area (Å²) < 4.78 is 65.9. The van der Waals surface area contributed by atoms with Crippen LogP contribution in [-0.2, 0) is 17.3 Å². The summed E-state index contributed by atoms with van der Waals surface area (Å²) in [5.74, 6) is -1.93. The van der Waals surface area contributed by atoms with Crippen LogP contribution >= 0.6 is 0 Å². The minimum absolute atomic E-state index is 0.0332. The van der Waals surface area contributed by atoms with Crippen LogP contribution in [0, 0.1) is 5.82 Å². The molecule has 1 aromatic heterocycles. The molecule has 1 fully saturated rings. The van der Waals surface area contributed by atoms with E-state index in [-0.39, 0.29) is 17.1 Å². The molecule has 1 amide bonds. The number of nitrogen functional groups attached to an aromatic ring is 1. The molecule has 0 aliphatic carbocycles. The van der Waals surface area contributed by atoms with Gasteiger partial charge >= 0.3 is 6.18 Å². The molecule has 0 radical (unpaired) electrons. The Labute approximate surface area is 217 Å². The molecule has 11 heteroatoms. The van der Waals surface area contributed by atoms with Gasteiger partial charge in [0.2, 0.25) is 5.91 Å². The molecular formula is C27H28F4N4O3. The van der Waals surface area contributed by atoms with Crippen molar-refractivity contribution in [2.45, 2.75) is 25.6 Å². The maximum atomic E-state index is 14.1. The second-order valence-corrected chi connectivity index (χ2v) is 9.01. The summed E-state index contributed by atoms with van der Waals surface area (Å²) >= 11 is 0. The minimum Gasteiger partial charge on any atom is -0.482 e. The van der Waals surface area contributed by atoms with Gasteiger partial charge in [0.05, 0.1) is 18.8 Å². The highest BCUT2D eigenvalue weighted by Crippen LogP contribution is 2.39. The van der Waals surface area contributed by atoms with Gasteiger partial charge in [0.15, 0.2) is 11.6 Å². The average Bonchev–Trinajstić information content (AvgIpc) is 2.88. The van der Waals surface area contributed by atoms with E-state index in [4.69, 9.17) is 20.9 Å². The number of halogens is 4. The lowest BCUT2D eigenvalue weighted by Crippen LogP contribution is -2.37. The number of nitrogens with zero attached hydrogens (tertiary/aromatic N) is 2. The van der Waals surface area contributed by atoms with E-state index in [2.05, 4.69) is 9.88 Å². The first-order chi connectivity index (χ1) is 18.0. The lowest BCUT2D eigenvalue weighted by molar-refractivity contribution is -0.141. The Morgan fingerprint density at radius 1 is 1.18 bits per heavy atom. The van der Waals surface area contributed by atoms with Gasteiger partial charge in [0, 0.05) is 42.5 Å². The average molecular weight is 533 g/mol. The van der Waals surface area contributed by atoms with Crippen LogP contribution in [0.1, 0.15) is 40.1 Å². The molecule has 38 heavy (non-hydrogen) atoms. The molecule has 202 valence electrons. The van der Waals surface area contributed by atoms with Gasteiger partial charge in [-0.2, -0.15) is 13.2 Å². The molecule has 1 aliphatic rings. The molecule has 1 aliphatic heterocycles. The predicted molar refractivity (Wildman–Crippen MR) is 134 cm³/mol. The van der Waals surface area contributed by atoms with E-state index >= 15 is 0 Å². The topological polar surface area (TPSA) is 104 Å². The number of carbonyl (C=O) groups excluding carboxylic acids is 1. The third-order valence-corrected chi connectivity index (χ3v) is 6.45. The largest absolute Gasteiger partial charge is 0.482 e. The number of amides is 1. The molecule has 1 saturated heterocycles. The third-order valence-electron chi connectivity index (χ3n) is 6.45. The highest BCUT2D eigenvalue weighted by molar-refractivity contribution is 5.93. The molecule has 1 unspecified atom stereocenters. The third kappa shape index (κ3) is 6.22. The van der Waals surface area contributed by atoms with Gasteiger partial charge < -0.3 is 20.9 Å². The summed E-state index contributed by atoms with van der Waals surface area (Å²) in [4.78, 5) is 18.2. The van der Waals surface area contributed by atoms with Crippen molar-refractivity contribution in [3.8, 4) is 16.9 Å². The number of ether oxygens (including phenoxy) is 2. The van der Waals surface area contributed by atoms with Crippen molar-refractivity contribution in [2.24, 2.45) is 5.73 Å².